The summed E-state index contributed by atoms with van der Waals surface area (Å²) in [6.45, 7) is 2.59. The van der Waals surface area contributed by atoms with Crippen LogP contribution >= 0.6 is 0 Å². The maximum Gasteiger partial charge on any atom is 0.133 e. The van der Waals surface area contributed by atoms with Gasteiger partial charge in [-0.05, 0) is 18.2 Å². The molecule has 0 radical (unpaired) electrons. The van der Waals surface area contributed by atoms with Gasteiger partial charge in [-0.25, -0.2) is 9.97 Å². The Labute approximate surface area is 88.6 Å². The molecule has 0 aliphatic heterocycles. The first-order chi connectivity index (χ1) is 7.31. The molecule has 0 bridgehead atoms. The monoisotopic (exact) mass is 202 g/mol. The molecule has 78 valence electrons. The van der Waals surface area contributed by atoms with Crippen molar-refractivity contribution in [3.05, 3.63) is 36.4 Å². The molecule has 2 aromatic rings. The van der Waals surface area contributed by atoms with Crippen molar-refractivity contribution in [2.24, 2.45) is 5.73 Å². The molecule has 1 unspecified atom stereocenters. The van der Waals surface area contributed by atoms with Gasteiger partial charge in [0, 0.05) is 24.9 Å². The van der Waals surface area contributed by atoms with Gasteiger partial charge in [0.05, 0.1) is 11.4 Å². The van der Waals surface area contributed by atoms with E-state index in [1.807, 2.05) is 31.3 Å². The maximum atomic E-state index is 5.59. The number of hydrogen-bond donors (Lipinski definition) is 2. The molecule has 4 heteroatoms. The summed E-state index contributed by atoms with van der Waals surface area (Å²) in [6, 6.07) is 5.82. The van der Waals surface area contributed by atoms with Crippen molar-refractivity contribution < 1.29 is 0 Å². The fraction of sp³-hybridized carbons (Fsp3) is 0.273. The largest absolute Gasteiger partial charge is 0.360 e. The summed E-state index contributed by atoms with van der Waals surface area (Å²) in [6.07, 6.45) is 3.65. The van der Waals surface area contributed by atoms with Crippen molar-refractivity contribution >= 4 is 0 Å². The normalized spacial score (nSPS) is 12.7. The molecule has 15 heavy (non-hydrogen) atoms. The number of aromatic amines is 1. The molecule has 0 saturated heterocycles. The van der Waals surface area contributed by atoms with Crippen LogP contribution in [0.3, 0.4) is 0 Å². The Kier molecular flexibility index (Phi) is 2.78. The predicted molar refractivity (Wildman–Crippen MR) is 59.3 cm³/mol. The van der Waals surface area contributed by atoms with Gasteiger partial charge < -0.3 is 10.7 Å². The smallest absolute Gasteiger partial charge is 0.133 e. The summed E-state index contributed by atoms with van der Waals surface area (Å²) in [5.41, 5.74) is 7.50. The number of nitrogens with zero attached hydrogens (tertiary/aromatic N) is 2. The molecule has 4 nitrogen and oxygen atoms in total. The Bertz CT molecular complexity index is 422. The first kappa shape index (κ1) is 9.86. The third-order valence-electron chi connectivity index (χ3n) is 2.34. The Hall–Kier alpha value is -1.68. The minimum Gasteiger partial charge on any atom is -0.360 e. The van der Waals surface area contributed by atoms with Crippen LogP contribution in [0.5, 0.6) is 0 Å². The molecule has 3 N–H and O–H groups in total. The average molecular weight is 202 g/mol. The van der Waals surface area contributed by atoms with Crippen molar-refractivity contribution in [1.82, 2.24) is 15.0 Å². The SMILES string of the molecule is CC(CN)c1nccc(-c2ccc[nH]2)n1. The lowest BCUT2D eigenvalue weighted by atomic mass is 10.1. The molecule has 0 aromatic carbocycles. The first-order valence-corrected chi connectivity index (χ1v) is 4.98. The fourth-order valence-electron chi connectivity index (χ4n) is 1.36. The second-order valence-corrected chi connectivity index (χ2v) is 3.52. The van der Waals surface area contributed by atoms with E-state index < -0.39 is 0 Å². The van der Waals surface area contributed by atoms with E-state index in [2.05, 4.69) is 15.0 Å². The van der Waals surface area contributed by atoms with Crippen molar-refractivity contribution in [1.29, 1.82) is 0 Å². The van der Waals surface area contributed by atoms with Gasteiger partial charge in [-0.1, -0.05) is 6.92 Å². The highest BCUT2D eigenvalue weighted by atomic mass is 14.9. The molecule has 1 atom stereocenters. The lowest BCUT2D eigenvalue weighted by molar-refractivity contribution is 0.712. The minimum atomic E-state index is 0.194. The zero-order valence-electron chi connectivity index (χ0n) is 8.64. The number of rotatable bonds is 3. The van der Waals surface area contributed by atoms with Gasteiger partial charge in [0.25, 0.3) is 0 Å². The standard InChI is InChI=1S/C11H14N4/c1-8(7-12)11-14-6-4-10(15-11)9-3-2-5-13-9/h2-6,8,13H,7,12H2,1H3. The molecular formula is C11H14N4. The average Bonchev–Trinajstić information content (AvgIpc) is 2.82. The summed E-state index contributed by atoms with van der Waals surface area (Å²) in [5.74, 6) is 0.990. The predicted octanol–water partition coefficient (Wildman–Crippen LogP) is 1.53. The van der Waals surface area contributed by atoms with Crippen molar-refractivity contribution in [2.45, 2.75) is 12.8 Å². The Morgan fingerprint density at radius 1 is 1.47 bits per heavy atom. The van der Waals surface area contributed by atoms with Crippen LogP contribution in [-0.4, -0.2) is 21.5 Å². The van der Waals surface area contributed by atoms with Gasteiger partial charge in [0.2, 0.25) is 0 Å². The number of H-pyrrole nitrogens is 1. The summed E-state index contributed by atoms with van der Waals surface area (Å²) < 4.78 is 0. The van der Waals surface area contributed by atoms with Gasteiger partial charge in [0.1, 0.15) is 5.82 Å². The van der Waals surface area contributed by atoms with Gasteiger partial charge in [-0.2, -0.15) is 0 Å². The molecule has 2 heterocycles. The van der Waals surface area contributed by atoms with E-state index in [4.69, 9.17) is 5.73 Å². The van der Waals surface area contributed by atoms with Gasteiger partial charge in [-0.3, -0.25) is 0 Å². The van der Waals surface area contributed by atoms with Crippen molar-refractivity contribution in [2.75, 3.05) is 6.54 Å². The van der Waals surface area contributed by atoms with E-state index in [9.17, 15) is 0 Å². The topological polar surface area (TPSA) is 67.6 Å². The third kappa shape index (κ3) is 2.05. The van der Waals surface area contributed by atoms with Crippen LogP contribution in [-0.2, 0) is 0 Å². The second kappa shape index (κ2) is 4.23. The molecular weight excluding hydrogens is 188 g/mol. The van der Waals surface area contributed by atoms with E-state index in [1.165, 1.54) is 0 Å². The lowest BCUT2D eigenvalue weighted by Crippen LogP contribution is -2.12. The van der Waals surface area contributed by atoms with Crippen LogP contribution < -0.4 is 5.73 Å². The maximum absolute atomic E-state index is 5.59. The molecule has 0 aliphatic rings. The van der Waals surface area contributed by atoms with E-state index in [-0.39, 0.29) is 5.92 Å². The minimum absolute atomic E-state index is 0.194. The molecule has 2 aromatic heterocycles. The Balaban J connectivity index is 2.35. The molecule has 0 amide bonds. The third-order valence-corrected chi connectivity index (χ3v) is 2.34. The first-order valence-electron chi connectivity index (χ1n) is 4.98. The molecule has 0 aliphatic carbocycles. The summed E-state index contributed by atoms with van der Waals surface area (Å²) in [4.78, 5) is 11.8. The molecule has 2 rings (SSSR count). The van der Waals surface area contributed by atoms with Crippen molar-refractivity contribution in [3.63, 3.8) is 0 Å². The second-order valence-electron chi connectivity index (χ2n) is 3.52. The zero-order chi connectivity index (χ0) is 10.7. The highest BCUT2D eigenvalue weighted by Gasteiger charge is 2.08. The van der Waals surface area contributed by atoms with Crippen LogP contribution in [0.2, 0.25) is 0 Å². The van der Waals surface area contributed by atoms with E-state index in [0.717, 1.165) is 17.2 Å². The molecule has 0 fully saturated rings. The molecule has 0 spiro atoms. The molecule has 0 saturated carbocycles. The van der Waals surface area contributed by atoms with Gasteiger partial charge in [-0.15, -0.1) is 0 Å². The van der Waals surface area contributed by atoms with Crippen LogP contribution in [0.4, 0.5) is 0 Å². The Morgan fingerprint density at radius 3 is 3.00 bits per heavy atom. The van der Waals surface area contributed by atoms with Gasteiger partial charge in [0.15, 0.2) is 0 Å². The van der Waals surface area contributed by atoms with E-state index in [1.54, 1.807) is 6.20 Å². The summed E-state index contributed by atoms with van der Waals surface area (Å²) in [7, 11) is 0. The van der Waals surface area contributed by atoms with Crippen LogP contribution in [0.1, 0.15) is 18.7 Å². The number of nitrogens with one attached hydrogen (secondary N) is 1. The van der Waals surface area contributed by atoms with Crippen LogP contribution in [0.25, 0.3) is 11.4 Å². The summed E-state index contributed by atoms with van der Waals surface area (Å²) >= 11 is 0. The van der Waals surface area contributed by atoms with Crippen molar-refractivity contribution in [3.8, 4) is 11.4 Å². The number of nitrogens with two attached hydrogens (primary N) is 1. The quantitative estimate of drug-likeness (QED) is 0.793. The zero-order valence-corrected chi connectivity index (χ0v) is 8.64. The fourth-order valence-corrected chi connectivity index (χ4v) is 1.36. The summed E-state index contributed by atoms with van der Waals surface area (Å²) in [5, 5.41) is 0. The lowest BCUT2D eigenvalue weighted by Gasteiger charge is -2.07. The Morgan fingerprint density at radius 2 is 2.33 bits per heavy atom. The highest BCUT2D eigenvalue weighted by Crippen LogP contribution is 2.16. The highest BCUT2D eigenvalue weighted by molar-refractivity contribution is 5.53. The van der Waals surface area contributed by atoms with Gasteiger partial charge >= 0.3 is 0 Å². The van der Waals surface area contributed by atoms with Crippen LogP contribution in [0.15, 0.2) is 30.6 Å². The van der Waals surface area contributed by atoms with E-state index in [0.29, 0.717) is 6.54 Å². The van der Waals surface area contributed by atoms with E-state index >= 15 is 0 Å². The number of aromatic nitrogens is 3. The number of hydrogen-bond acceptors (Lipinski definition) is 3. The van der Waals surface area contributed by atoms with Crippen LogP contribution in [0, 0.1) is 0 Å².